The number of ether oxygens (including phenoxy) is 2. The van der Waals surface area contributed by atoms with Crippen LogP contribution in [0.15, 0.2) is 53.5 Å². The lowest BCUT2D eigenvalue weighted by Crippen LogP contribution is -2.40. The van der Waals surface area contributed by atoms with Gasteiger partial charge in [-0.1, -0.05) is 24.3 Å². The van der Waals surface area contributed by atoms with E-state index in [2.05, 4.69) is 16.0 Å². The zero-order chi connectivity index (χ0) is 30.7. The van der Waals surface area contributed by atoms with E-state index in [1.165, 1.54) is 6.07 Å². The van der Waals surface area contributed by atoms with E-state index in [1.807, 2.05) is 41.3 Å². The molecule has 2 fully saturated rings. The molecule has 11 heteroatoms. The van der Waals surface area contributed by atoms with Gasteiger partial charge in [-0.2, -0.15) is 0 Å². The molecule has 0 saturated carbocycles. The molecular weight excluding hydrogens is 565 g/mol. The standard InChI is InChI=1S/C33H34FN5O5/c1-33(2,3)44-32(42)37-21-9-11-38(16-21)28-24(34)14-22-27-30(28)43-26-13-19-7-5-4-6-18(19)12-25(26)39(27)17-23(29(22)40)31(41)36-20-8-10-35-15-20/h4-7,12-14,17,20-21,35H,8-11,15-16H2,1-3H3,(H,36,41)(H,37,42). The Morgan fingerprint density at radius 3 is 2.57 bits per heavy atom. The van der Waals surface area contributed by atoms with E-state index in [0.29, 0.717) is 43.0 Å². The van der Waals surface area contributed by atoms with Crippen molar-refractivity contribution < 1.29 is 23.5 Å². The number of fused-ring (bicyclic) bond motifs is 3. The number of halogens is 1. The van der Waals surface area contributed by atoms with Crippen LogP contribution in [-0.2, 0) is 4.74 Å². The molecule has 0 spiro atoms. The summed E-state index contributed by atoms with van der Waals surface area (Å²) < 4.78 is 29.8. The van der Waals surface area contributed by atoms with E-state index in [-0.39, 0.29) is 34.5 Å². The second kappa shape index (κ2) is 10.5. The lowest BCUT2D eigenvalue weighted by Gasteiger charge is -2.29. The van der Waals surface area contributed by atoms with Gasteiger partial charge in [0.25, 0.3) is 5.91 Å². The molecule has 4 heterocycles. The molecule has 0 radical (unpaired) electrons. The van der Waals surface area contributed by atoms with Gasteiger partial charge in [-0.15, -0.1) is 0 Å². The first kappa shape index (κ1) is 28.1. The number of pyridine rings is 1. The van der Waals surface area contributed by atoms with Gasteiger partial charge >= 0.3 is 6.09 Å². The quantitative estimate of drug-likeness (QED) is 0.277. The van der Waals surface area contributed by atoms with Crippen LogP contribution in [0.25, 0.3) is 27.4 Å². The second-order valence-electron chi connectivity index (χ2n) is 12.7. The largest absolute Gasteiger partial charge is 0.451 e. The highest BCUT2D eigenvalue weighted by molar-refractivity contribution is 6.02. The number of rotatable bonds is 4. The highest BCUT2D eigenvalue weighted by Gasteiger charge is 2.35. The van der Waals surface area contributed by atoms with Gasteiger partial charge in [-0.25, -0.2) is 9.18 Å². The minimum absolute atomic E-state index is 0.0554. The normalized spacial score (nSPS) is 19.1. The summed E-state index contributed by atoms with van der Waals surface area (Å²) in [6, 6.07) is 12.5. The maximum Gasteiger partial charge on any atom is 0.407 e. The number of anilines is 1. The van der Waals surface area contributed by atoms with E-state index in [1.54, 1.807) is 31.5 Å². The van der Waals surface area contributed by atoms with Gasteiger partial charge in [0.1, 0.15) is 22.4 Å². The minimum atomic E-state index is -0.643. The van der Waals surface area contributed by atoms with Gasteiger partial charge in [0.2, 0.25) is 5.43 Å². The zero-order valence-electron chi connectivity index (χ0n) is 24.8. The fourth-order valence-electron chi connectivity index (χ4n) is 6.34. The third-order valence-corrected chi connectivity index (χ3v) is 8.34. The first-order valence-electron chi connectivity index (χ1n) is 14.9. The second-order valence-corrected chi connectivity index (χ2v) is 12.7. The van der Waals surface area contributed by atoms with Gasteiger partial charge in [0.15, 0.2) is 17.3 Å². The Labute approximate surface area is 253 Å². The van der Waals surface area contributed by atoms with Crippen LogP contribution < -0.4 is 31.0 Å². The number of carbonyl (C=O) groups excluding carboxylic acids is 2. The van der Waals surface area contributed by atoms with E-state index >= 15 is 4.39 Å². The predicted molar refractivity (Wildman–Crippen MR) is 166 cm³/mol. The fourth-order valence-corrected chi connectivity index (χ4v) is 6.34. The summed E-state index contributed by atoms with van der Waals surface area (Å²) in [5.41, 5.74) is -0.0443. The summed E-state index contributed by atoms with van der Waals surface area (Å²) in [6.45, 7) is 7.56. The average molecular weight is 600 g/mol. The van der Waals surface area contributed by atoms with Crippen molar-refractivity contribution in [1.82, 2.24) is 20.5 Å². The smallest absolute Gasteiger partial charge is 0.407 e. The number of alkyl carbamates (subject to hydrolysis) is 1. The van der Waals surface area contributed by atoms with Crippen molar-refractivity contribution in [3.05, 3.63) is 70.3 Å². The van der Waals surface area contributed by atoms with Crippen molar-refractivity contribution in [3.63, 3.8) is 0 Å². The Kier molecular flexibility index (Phi) is 6.73. The summed E-state index contributed by atoms with van der Waals surface area (Å²) >= 11 is 0. The first-order chi connectivity index (χ1) is 21.1. The van der Waals surface area contributed by atoms with Crippen LogP contribution in [0.1, 0.15) is 44.0 Å². The Morgan fingerprint density at radius 1 is 1.07 bits per heavy atom. The van der Waals surface area contributed by atoms with E-state index in [4.69, 9.17) is 9.47 Å². The number of carbonyl (C=O) groups is 2. The highest BCUT2D eigenvalue weighted by atomic mass is 19.1. The van der Waals surface area contributed by atoms with Crippen LogP contribution in [0.2, 0.25) is 0 Å². The van der Waals surface area contributed by atoms with Gasteiger partial charge in [-0.05, 0) is 69.1 Å². The molecular formula is C33H34FN5O5. The Morgan fingerprint density at radius 2 is 1.84 bits per heavy atom. The van der Waals surface area contributed by atoms with E-state index in [0.717, 1.165) is 23.7 Å². The minimum Gasteiger partial charge on any atom is -0.451 e. The summed E-state index contributed by atoms with van der Waals surface area (Å²) in [6.07, 6.45) is 2.34. The summed E-state index contributed by atoms with van der Waals surface area (Å²) in [4.78, 5) is 41.4. The summed E-state index contributed by atoms with van der Waals surface area (Å²) in [5, 5.41) is 11.0. The predicted octanol–water partition coefficient (Wildman–Crippen LogP) is 4.58. The van der Waals surface area contributed by atoms with Gasteiger partial charge < -0.3 is 34.9 Å². The molecule has 2 atom stereocenters. The SMILES string of the molecule is CC(C)(C)OC(=O)NC1CCN(c2c(F)cc3c(=O)c(C(=O)NC4CCNC4)cn4c3c2Oc2cc3ccccc3cc2-4)C1. The number of amides is 2. The molecule has 10 nitrogen and oxygen atoms in total. The maximum absolute atomic E-state index is 16.2. The van der Waals surface area contributed by atoms with Crippen molar-refractivity contribution in [2.45, 2.75) is 51.3 Å². The molecule has 0 aliphatic carbocycles. The molecule has 44 heavy (non-hydrogen) atoms. The topological polar surface area (TPSA) is 114 Å². The number of nitrogens with zero attached hydrogens (tertiary/aromatic N) is 2. The lowest BCUT2D eigenvalue weighted by molar-refractivity contribution is 0.0508. The Balaban J connectivity index is 1.35. The van der Waals surface area contributed by atoms with Crippen LogP contribution in [0.3, 0.4) is 0 Å². The number of aromatic nitrogens is 1. The molecule has 2 amide bonds. The molecule has 2 saturated heterocycles. The molecule has 228 valence electrons. The number of nitrogens with one attached hydrogen (secondary N) is 3. The number of hydrogen-bond donors (Lipinski definition) is 3. The van der Waals surface area contributed by atoms with Crippen molar-refractivity contribution >= 4 is 39.4 Å². The van der Waals surface area contributed by atoms with Gasteiger partial charge in [0, 0.05) is 31.9 Å². The maximum atomic E-state index is 16.2. The number of benzene rings is 3. The summed E-state index contributed by atoms with van der Waals surface area (Å²) in [5.74, 6) is -0.465. The number of hydrogen-bond acceptors (Lipinski definition) is 7. The Bertz CT molecular complexity index is 1890. The van der Waals surface area contributed by atoms with Crippen molar-refractivity contribution in [2.75, 3.05) is 31.1 Å². The van der Waals surface area contributed by atoms with Gasteiger partial charge in [0.05, 0.1) is 17.1 Å². The monoisotopic (exact) mass is 599 g/mol. The Hall–Kier alpha value is -4.64. The third kappa shape index (κ3) is 5.00. The van der Waals surface area contributed by atoms with Crippen LogP contribution >= 0.6 is 0 Å². The molecule has 3 aliphatic rings. The highest BCUT2D eigenvalue weighted by Crippen LogP contribution is 2.48. The zero-order valence-corrected chi connectivity index (χ0v) is 24.8. The molecule has 2 unspecified atom stereocenters. The molecule has 7 rings (SSSR count). The van der Waals surface area contributed by atoms with Crippen molar-refractivity contribution in [2.24, 2.45) is 0 Å². The third-order valence-electron chi connectivity index (χ3n) is 8.34. The molecule has 4 aromatic rings. The molecule has 3 aliphatic heterocycles. The van der Waals surface area contributed by atoms with Crippen LogP contribution in [0, 0.1) is 5.82 Å². The summed E-state index contributed by atoms with van der Waals surface area (Å²) in [7, 11) is 0. The fraction of sp³-hybridized carbons (Fsp3) is 0.364. The van der Waals surface area contributed by atoms with Crippen LogP contribution in [0.5, 0.6) is 11.5 Å². The first-order valence-corrected chi connectivity index (χ1v) is 14.9. The van der Waals surface area contributed by atoms with Gasteiger partial charge in [-0.3, -0.25) is 9.59 Å². The van der Waals surface area contributed by atoms with E-state index < -0.39 is 28.8 Å². The molecule has 3 N–H and O–H groups in total. The van der Waals surface area contributed by atoms with Crippen LogP contribution in [-0.4, -0.2) is 60.4 Å². The molecule has 3 aromatic carbocycles. The van der Waals surface area contributed by atoms with Crippen LogP contribution in [0.4, 0.5) is 14.9 Å². The lowest BCUT2D eigenvalue weighted by atomic mass is 10.0. The average Bonchev–Trinajstić information content (AvgIpc) is 3.64. The van der Waals surface area contributed by atoms with Crippen molar-refractivity contribution in [1.29, 1.82) is 0 Å². The molecule has 0 bridgehead atoms. The van der Waals surface area contributed by atoms with Crippen molar-refractivity contribution in [3.8, 4) is 17.2 Å². The molecule has 1 aromatic heterocycles. The van der Waals surface area contributed by atoms with E-state index in [9.17, 15) is 14.4 Å².